The Labute approximate surface area is 145 Å². The molecule has 132 valence electrons. The highest BCUT2D eigenvalue weighted by atomic mass is 19.1. The Morgan fingerprint density at radius 1 is 1.36 bits per heavy atom. The number of piperidine rings is 1. The third-order valence-corrected chi connectivity index (χ3v) is 4.79. The molecule has 1 aliphatic heterocycles. The molecule has 5 nitrogen and oxygen atoms in total. The molecule has 0 unspecified atom stereocenters. The smallest absolute Gasteiger partial charge is 0.243 e. The zero-order chi connectivity index (χ0) is 17.8. The number of likely N-dealkylation sites (tertiary alicyclic amines) is 1. The number of H-pyrrole nitrogens is 1. The molecule has 0 spiro atoms. The predicted octanol–water partition coefficient (Wildman–Crippen LogP) is 2.71. The lowest BCUT2D eigenvalue weighted by Gasteiger charge is -2.32. The summed E-state index contributed by atoms with van der Waals surface area (Å²) in [5, 5.41) is 3.67. The Morgan fingerprint density at radius 2 is 2.12 bits per heavy atom. The molecule has 3 rings (SSSR count). The number of nitrogens with one attached hydrogen (secondary N) is 2. The lowest BCUT2D eigenvalue weighted by atomic mass is 9.89. The lowest BCUT2D eigenvalue weighted by molar-refractivity contribution is -0.132. The molecule has 2 heterocycles. The molecule has 1 saturated heterocycles. The van der Waals surface area contributed by atoms with Crippen LogP contribution in [-0.2, 0) is 9.59 Å². The number of nitrogens with zero attached hydrogens (tertiary/aromatic N) is 1. The molecule has 0 bridgehead atoms. The third kappa shape index (κ3) is 3.90. The Bertz CT molecular complexity index is 791. The van der Waals surface area contributed by atoms with Gasteiger partial charge in [-0.3, -0.25) is 9.59 Å². The minimum absolute atomic E-state index is 0.0591. The number of carbonyl (C=O) groups is 2. The number of aromatic nitrogens is 1. The zero-order valence-electron chi connectivity index (χ0n) is 14.1. The monoisotopic (exact) mass is 343 g/mol. The average molecular weight is 343 g/mol. The summed E-state index contributed by atoms with van der Waals surface area (Å²) < 4.78 is 13.3. The van der Waals surface area contributed by atoms with E-state index in [4.69, 9.17) is 0 Å². The first-order chi connectivity index (χ1) is 12.1. The summed E-state index contributed by atoms with van der Waals surface area (Å²) in [5.41, 5.74) is 2.01. The minimum Gasteiger partial charge on any atom is -0.361 e. The quantitative estimate of drug-likeness (QED) is 0.820. The van der Waals surface area contributed by atoms with Crippen molar-refractivity contribution in [2.75, 3.05) is 19.6 Å². The van der Waals surface area contributed by atoms with Crippen LogP contribution in [0.1, 0.15) is 30.7 Å². The molecule has 2 N–H and O–H groups in total. The number of aromatic amines is 1. The summed E-state index contributed by atoms with van der Waals surface area (Å²) >= 11 is 0. The first kappa shape index (κ1) is 17.2. The first-order valence-corrected chi connectivity index (χ1v) is 8.53. The molecule has 6 heteroatoms. The molecule has 1 aromatic heterocycles. The van der Waals surface area contributed by atoms with E-state index in [1.165, 1.54) is 23.8 Å². The van der Waals surface area contributed by atoms with Gasteiger partial charge in [0.1, 0.15) is 5.82 Å². The largest absolute Gasteiger partial charge is 0.361 e. The van der Waals surface area contributed by atoms with Gasteiger partial charge in [-0.15, -0.1) is 0 Å². The highest BCUT2D eigenvalue weighted by molar-refractivity contribution is 5.87. The van der Waals surface area contributed by atoms with E-state index in [1.54, 1.807) is 0 Å². The standard InChI is InChI=1S/C19H22FN3O2/c1-2-18(24)21-8-5-19(25)23-9-6-13(7-10-23)16-12-22-17-11-14(20)3-4-15(16)17/h2-4,11-13,22H,1,5-10H2,(H,21,24). The maximum atomic E-state index is 13.3. The molecule has 25 heavy (non-hydrogen) atoms. The molecule has 0 aliphatic carbocycles. The Kier molecular flexibility index (Phi) is 5.16. The van der Waals surface area contributed by atoms with Gasteiger partial charge >= 0.3 is 0 Å². The van der Waals surface area contributed by atoms with Crippen molar-refractivity contribution >= 4 is 22.7 Å². The van der Waals surface area contributed by atoms with Crippen LogP contribution in [0, 0.1) is 5.82 Å². The number of benzene rings is 1. The Hall–Kier alpha value is -2.63. The number of hydrogen-bond donors (Lipinski definition) is 2. The third-order valence-electron chi connectivity index (χ3n) is 4.79. The highest BCUT2D eigenvalue weighted by Crippen LogP contribution is 2.33. The molecular weight excluding hydrogens is 321 g/mol. The van der Waals surface area contributed by atoms with Crippen molar-refractivity contribution in [3.05, 3.63) is 48.4 Å². The van der Waals surface area contributed by atoms with Crippen LogP contribution in [0.25, 0.3) is 10.9 Å². The van der Waals surface area contributed by atoms with E-state index in [1.807, 2.05) is 17.2 Å². The molecule has 2 aromatic rings. The van der Waals surface area contributed by atoms with E-state index in [0.29, 0.717) is 32.0 Å². The predicted molar refractivity (Wildman–Crippen MR) is 94.6 cm³/mol. The minimum atomic E-state index is -0.262. The molecule has 0 atom stereocenters. The van der Waals surface area contributed by atoms with Gasteiger partial charge in [0, 0.05) is 43.2 Å². The Morgan fingerprint density at radius 3 is 2.84 bits per heavy atom. The number of amides is 2. The van der Waals surface area contributed by atoms with Crippen LogP contribution in [0.2, 0.25) is 0 Å². The Balaban J connectivity index is 1.55. The lowest BCUT2D eigenvalue weighted by Crippen LogP contribution is -2.39. The molecule has 0 radical (unpaired) electrons. The number of hydrogen-bond acceptors (Lipinski definition) is 2. The van der Waals surface area contributed by atoms with Crippen LogP contribution < -0.4 is 5.32 Å². The summed E-state index contributed by atoms with van der Waals surface area (Å²) in [6.07, 6.45) is 5.22. The van der Waals surface area contributed by atoms with Crippen molar-refractivity contribution in [1.82, 2.24) is 15.2 Å². The maximum Gasteiger partial charge on any atom is 0.243 e. The molecule has 1 aliphatic rings. The number of fused-ring (bicyclic) bond motifs is 1. The van der Waals surface area contributed by atoms with Gasteiger partial charge in [-0.2, -0.15) is 0 Å². The SMILES string of the molecule is C=CC(=O)NCCC(=O)N1CCC(c2c[nH]c3cc(F)ccc23)CC1. The average Bonchev–Trinajstić information content (AvgIpc) is 3.04. The molecule has 1 fully saturated rings. The zero-order valence-corrected chi connectivity index (χ0v) is 14.1. The fraction of sp³-hybridized carbons (Fsp3) is 0.368. The number of carbonyl (C=O) groups excluding carboxylic acids is 2. The molecule has 0 saturated carbocycles. The fourth-order valence-electron chi connectivity index (χ4n) is 3.42. The van der Waals surface area contributed by atoms with Crippen LogP contribution in [0.3, 0.4) is 0 Å². The summed E-state index contributed by atoms with van der Waals surface area (Å²) in [6, 6.07) is 4.81. The van der Waals surface area contributed by atoms with Gasteiger partial charge in [-0.05, 0) is 48.6 Å². The van der Waals surface area contributed by atoms with E-state index >= 15 is 0 Å². The van der Waals surface area contributed by atoms with E-state index in [0.717, 1.165) is 23.7 Å². The van der Waals surface area contributed by atoms with E-state index in [2.05, 4.69) is 16.9 Å². The fourth-order valence-corrected chi connectivity index (χ4v) is 3.42. The second-order valence-corrected chi connectivity index (χ2v) is 6.33. The first-order valence-electron chi connectivity index (χ1n) is 8.53. The van der Waals surface area contributed by atoms with Gasteiger partial charge in [-0.1, -0.05) is 6.58 Å². The molecule has 1 aromatic carbocycles. The molecule has 2 amide bonds. The summed E-state index contributed by atoms with van der Waals surface area (Å²) in [7, 11) is 0. The van der Waals surface area contributed by atoms with Crippen LogP contribution >= 0.6 is 0 Å². The summed E-state index contributed by atoms with van der Waals surface area (Å²) in [5.74, 6) is -0.0836. The van der Waals surface area contributed by atoms with Crippen LogP contribution in [0.15, 0.2) is 37.1 Å². The van der Waals surface area contributed by atoms with Crippen molar-refractivity contribution in [3.8, 4) is 0 Å². The van der Waals surface area contributed by atoms with Crippen LogP contribution in [0.5, 0.6) is 0 Å². The highest BCUT2D eigenvalue weighted by Gasteiger charge is 2.25. The van der Waals surface area contributed by atoms with E-state index in [9.17, 15) is 14.0 Å². The van der Waals surface area contributed by atoms with Gasteiger partial charge < -0.3 is 15.2 Å². The normalized spacial score (nSPS) is 15.3. The van der Waals surface area contributed by atoms with Crippen molar-refractivity contribution in [3.63, 3.8) is 0 Å². The number of rotatable bonds is 5. The van der Waals surface area contributed by atoms with Crippen molar-refractivity contribution < 1.29 is 14.0 Å². The number of halogens is 1. The van der Waals surface area contributed by atoms with Gasteiger partial charge in [0.15, 0.2) is 0 Å². The van der Waals surface area contributed by atoms with Crippen molar-refractivity contribution in [2.45, 2.75) is 25.2 Å². The molecular formula is C19H22FN3O2. The van der Waals surface area contributed by atoms with Gasteiger partial charge in [0.05, 0.1) is 0 Å². The van der Waals surface area contributed by atoms with Crippen LogP contribution in [0.4, 0.5) is 4.39 Å². The second kappa shape index (κ2) is 7.51. The topological polar surface area (TPSA) is 65.2 Å². The van der Waals surface area contributed by atoms with Crippen molar-refractivity contribution in [2.24, 2.45) is 0 Å². The van der Waals surface area contributed by atoms with Gasteiger partial charge in [-0.25, -0.2) is 4.39 Å². The summed E-state index contributed by atoms with van der Waals surface area (Å²) in [6.45, 7) is 5.11. The van der Waals surface area contributed by atoms with Crippen LogP contribution in [-0.4, -0.2) is 41.3 Å². The van der Waals surface area contributed by atoms with Gasteiger partial charge in [0.25, 0.3) is 0 Å². The van der Waals surface area contributed by atoms with E-state index in [-0.39, 0.29) is 17.6 Å². The van der Waals surface area contributed by atoms with Gasteiger partial charge in [0.2, 0.25) is 11.8 Å². The second-order valence-electron chi connectivity index (χ2n) is 6.33. The van der Waals surface area contributed by atoms with E-state index < -0.39 is 0 Å². The summed E-state index contributed by atoms with van der Waals surface area (Å²) in [4.78, 5) is 28.3. The maximum absolute atomic E-state index is 13.3. The van der Waals surface area contributed by atoms with Crippen molar-refractivity contribution in [1.29, 1.82) is 0 Å².